The number of nitrogens with one attached hydrogen (secondary N) is 1. The van der Waals surface area contributed by atoms with E-state index in [2.05, 4.69) is 15.0 Å². The number of aromatic nitrogens is 1. The number of nitrogens with zero attached hydrogens (tertiary/aromatic N) is 1. The second kappa shape index (κ2) is 6.54. The first kappa shape index (κ1) is 14.6. The zero-order valence-corrected chi connectivity index (χ0v) is 11.7. The van der Waals surface area contributed by atoms with Gasteiger partial charge in [0.15, 0.2) is 0 Å². The Labute approximate surface area is 121 Å². The topological polar surface area (TPSA) is 75.4 Å². The number of benzene rings is 1. The van der Waals surface area contributed by atoms with Gasteiger partial charge in [0, 0.05) is 11.1 Å². The predicted molar refractivity (Wildman–Crippen MR) is 74.2 cm³/mol. The summed E-state index contributed by atoms with van der Waals surface area (Å²) in [4.78, 5) is 11.8. The molecule has 1 heterocycles. The highest BCUT2D eigenvalue weighted by atomic mass is 35.5. The maximum Gasteiger partial charge on any atom is 0.226 e. The molecule has 20 heavy (non-hydrogen) atoms. The third kappa shape index (κ3) is 3.82. The number of aliphatic hydroxyl groups is 1. The van der Waals surface area contributed by atoms with Crippen molar-refractivity contribution in [2.45, 2.75) is 25.5 Å². The first-order chi connectivity index (χ1) is 9.56. The molecule has 0 aliphatic carbocycles. The Morgan fingerprint density at radius 1 is 1.40 bits per heavy atom. The summed E-state index contributed by atoms with van der Waals surface area (Å²) >= 11 is 5.79. The number of carbonyl (C=O) groups excluding carboxylic acids is 1. The molecular formula is C14H15ClN2O3. The van der Waals surface area contributed by atoms with Crippen molar-refractivity contribution in [1.29, 1.82) is 0 Å². The fourth-order valence-corrected chi connectivity index (χ4v) is 1.95. The molecule has 1 aromatic heterocycles. The molecule has 2 atom stereocenters. The number of amides is 1. The van der Waals surface area contributed by atoms with Crippen LogP contribution in [0.5, 0.6) is 0 Å². The van der Waals surface area contributed by atoms with Crippen LogP contribution in [0.2, 0.25) is 5.02 Å². The molecule has 6 heteroatoms. The van der Waals surface area contributed by atoms with E-state index in [-0.39, 0.29) is 12.3 Å². The third-order valence-corrected chi connectivity index (χ3v) is 3.16. The van der Waals surface area contributed by atoms with Gasteiger partial charge < -0.3 is 14.9 Å². The Kier molecular flexibility index (Phi) is 4.76. The smallest absolute Gasteiger partial charge is 0.226 e. The fraction of sp³-hybridized carbons (Fsp3) is 0.286. The molecule has 2 rings (SSSR count). The van der Waals surface area contributed by atoms with Gasteiger partial charge in [-0.2, -0.15) is 0 Å². The lowest BCUT2D eigenvalue weighted by molar-refractivity contribution is -0.121. The largest absolute Gasteiger partial charge is 0.386 e. The lowest BCUT2D eigenvalue weighted by atomic mass is 10.0. The van der Waals surface area contributed by atoms with Crippen LogP contribution in [-0.4, -0.2) is 22.2 Å². The summed E-state index contributed by atoms with van der Waals surface area (Å²) in [6.07, 6.45) is 0.733. The van der Waals surface area contributed by atoms with Crippen LogP contribution in [0.3, 0.4) is 0 Å². The van der Waals surface area contributed by atoms with E-state index in [9.17, 15) is 9.90 Å². The minimum absolute atomic E-state index is 0.119. The SMILES string of the molecule is C[C@H](NC(=O)Cc1ccon1)[C@@H](O)c1ccc(Cl)cc1. The fourth-order valence-electron chi connectivity index (χ4n) is 1.83. The van der Waals surface area contributed by atoms with Crippen LogP contribution < -0.4 is 5.32 Å². The van der Waals surface area contributed by atoms with Crippen molar-refractivity contribution in [2.75, 3.05) is 0 Å². The van der Waals surface area contributed by atoms with Gasteiger partial charge in [0.2, 0.25) is 5.91 Å². The molecule has 0 fully saturated rings. The van der Waals surface area contributed by atoms with Crippen molar-refractivity contribution < 1.29 is 14.4 Å². The molecule has 1 amide bonds. The van der Waals surface area contributed by atoms with Gasteiger partial charge in [-0.1, -0.05) is 28.9 Å². The molecule has 2 aromatic rings. The standard InChI is InChI=1S/C14H15ClN2O3/c1-9(14(19)10-2-4-11(15)5-3-10)16-13(18)8-12-6-7-20-17-12/h2-7,9,14,19H,8H2,1H3,(H,16,18)/t9-,14+/m0/s1. The monoisotopic (exact) mass is 294 g/mol. The third-order valence-electron chi connectivity index (χ3n) is 2.91. The van der Waals surface area contributed by atoms with Crippen molar-refractivity contribution in [3.8, 4) is 0 Å². The van der Waals surface area contributed by atoms with Crippen LogP contribution in [0.4, 0.5) is 0 Å². The number of hydrogen-bond acceptors (Lipinski definition) is 4. The van der Waals surface area contributed by atoms with Crippen LogP contribution in [0.1, 0.15) is 24.3 Å². The van der Waals surface area contributed by atoms with Crippen molar-refractivity contribution in [2.24, 2.45) is 0 Å². The Bertz CT molecular complexity index is 554. The summed E-state index contributed by atoms with van der Waals surface area (Å²) in [6, 6.07) is 8.06. The van der Waals surface area contributed by atoms with Crippen molar-refractivity contribution >= 4 is 17.5 Å². The molecule has 0 bridgehead atoms. The summed E-state index contributed by atoms with van der Waals surface area (Å²) in [6.45, 7) is 1.74. The van der Waals surface area contributed by atoms with Crippen LogP contribution in [0.15, 0.2) is 41.1 Å². The molecule has 106 valence electrons. The van der Waals surface area contributed by atoms with E-state index in [0.717, 1.165) is 0 Å². The van der Waals surface area contributed by atoms with Gasteiger partial charge in [0.25, 0.3) is 0 Å². The minimum atomic E-state index is -0.798. The molecular weight excluding hydrogens is 280 g/mol. The van der Waals surface area contributed by atoms with Crippen molar-refractivity contribution in [3.63, 3.8) is 0 Å². The Morgan fingerprint density at radius 2 is 2.10 bits per heavy atom. The van der Waals surface area contributed by atoms with E-state index in [1.54, 1.807) is 37.3 Å². The van der Waals surface area contributed by atoms with E-state index in [1.807, 2.05) is 0 Å². The van der Waals surface area contributed by atoms with Crippen molar-refractivity contribution in [3.05, 3.63) is 52.9 Å². The van der Waals surface area contributed by atoms with Gasteiger partial charge in [-0.3, -0.25) is 4.79 Å². The maximum absolute atomic E-state index is 11.8. The number of aliphatic hydroxyl groups excluding tert-OH is 1. The van der Waals surface area contributed by atoms with Crippen molar-refractivity contribution in [1.82, 2.24) is 10.5 Å². The van der Waals surface area contributed by atoms with E-state index >= 15 is 0 Å². The maximum atomic E-state index is 11.8. The van der Waals surface area contributed by atoms with Gasteiger partial charge in [-0.05, 0) is 24.6 Å². The Balaban J connectivity index is 1.91. The van der Waals surface area contributed by atoms with Gasteiger partial charge >= 0.3 is 0 Å². The molecule has 0 aliphatic heterocycles. The molecule has 0 unspecified atom stereocenters. The van der Waals surface area contributed by atoms with Gasteiger partial charge in [-0.15, -0.1) is 0 Å². The summed E-state index contributed by atoms with van der Waals surface area (Å²) in [5.41, 5.74) is 1.25. The first-order valence-electron chi connectivity index (χ1n) is 6.18. The molecule has 1 aromatic carbocycles. The average Bonchev–Trinajstić information content (AvgIpc) is 2.91. The van der Waals surface area contributed by atoms with E-state index in [0.29, 0.717) is 16.3 Å². The molecule has 0 saturated heterocycles. The Morgan fingerprint density at radius 3 is 2.70 bits per heavy atom. The first-order valence-corrected chi connectivity index (χ1v) is 6.56. The lowest BCUT2D eigenvalue weighted by Crippen LogP contribution is -2.38. The summed E-state index contributed by atoms with van der Waals surface area (Å²) in [5, 5.41) is 17.2. The second-order valence-corrected chi connectivity index (χ2v) is 4.96. The highest BCUT2D eigenvalue weighted by molar-refractivity contribution is 6.30. The van der Waals surface area contributed by atoms with Crippen LogP contribution >= 0.6 is 11.6 Å². The number of halogens is 1. The normalized spacial score (nSPS) is 13.8. The average molecular weight is 295 g/mol. The second-order valence-electron chi connectivity index (χ2n) is 4.52. The Hall–Kier alpha value is -1.85. The summed E-state index contributed by atoms with van der Waals surface area (Å²) in [7, 11) is 0. The van der Waals surface area contributed by atoms with Gasteiger partial charge in [-0.25, -0.2) is 0 Å². The minimum Gasteiger partial charge on any atom is -0.386 e. The molecule has 0 saturated carbocycles. The number of rotatable bonds is 5. The van der Waals surface area contributed by atoms with Crippen LogP contribution in [0, 0.1) is 0 Å². The summed E-state index contributed by atoms with van der Waals surface area (Å²) < 4.78 is 4.66. The van der Waals surface area contributed by atoms with Gasteiger partial charge in [0.05, 0.1) is 24.3 Å². The van der Waals surface area contributed by atoms with Gasteiger partial charge in [0.1, 0.15) is 6.26 Å². The lowest BCUT2D eigenvalue weighted by Gasteiger charge is -2.20. The predicted octanol–water partition coefficient (Wildman–Crippen LogP) is 2.11. The van der Waals surface area contributed by atoms with Crippen LogP contribution in [-0.2, 0) is 11.2 Å². The van der Waals surface area contributed by atoms with E-state index in [1.165, 1.54) is 6.26 Å². The molecule has 0 aliphatic rings. The summed E-state index contributed by atoms with van der Waals surface area (Å²) in [5.74, 6) is -0.223. The number of hydrogen-bond donors (Lipinski definition) is 2. The zero-order valence-electron chi connectivity index (χ0n) is 10.9. The molecule has 2 N–H and O–H groups in total. The quantitative estimate of drug-likeness (QED) is 0.885. The molecule has 0 spiro atoms. The van der Waals surface area contributed by atoms with Crippen LogP contribution in [0.25, 0.3) is 0 Å². The molecule has 5 nitrogen and oxygen atoms in total. The highest BCUT2D eigenvalue weighted by Gasteiger charge is 2.18. The number of carbonyl (C=O) groups is 1. The molecule has 0 radical (unpaired) electrons. The zero-order chi connectivity index (χ0) is 14.5. The highest BCUT2D eigenvalue weighted by Crippen LogP contribution is 2.19. The van der Waals surface area contributed by atoms with E-state index < -0.39 is 12.1 Å². The van der Waals surface area contributed by atoms with E-state index in [4.69, 9.17) is 11.6 Å².